The van der Waals surface area contributed by atoms with Crippen molar-refractivity contribution in [1.29, 1.82) is 0 Å². The number of aliphatic hydroxyl groups is 1. The van der Waals surface area contributed by atoms with Gasteiger partial charge in [0.05, 0.1) is 11.6 Å². The van der Waals surface area contributed by atoms with Crippen LogP contribution in [0.25, 0.3) is 5.76 Å². The Morgan fingerprint density at radius 1 is 1.00 bits per heavy atom. The summed E-state index contributed by atoms with van der Waals surface area (Å²) in [5.74, 6) is -2.69. The highest BCUT2D eigenvalue weighted by molar-refractivity contribution is 6.51. The highest BCUT2D eigenvalue weighted by Gasteiger charge is 2.47. The number of carbonyl (C=O) groups is 2. The molecule has 6 nitrogen and oxygen atoms in total. The number of aromatic nitrogens is 1. The van der Waals surface area contributed by atoms with Crippen molar-refractivity contribution >= 4 is 23.1 Å². The average molecular weight is 390 g/mol. The van der Waals surface area contributed by atoms with Gasteiger partial charge in [0, 0.05) is 23.6 Å². The molecule has 2 heterocycles. The predicted molar refractivity (Wildman–Crippen MR) is 104 cm³/mol. The van der Waals surface area contributed by atoms with Gasteiger partial charge in [-0.05, 0) is 48.0 Å². The number of aromatic hydroxyl groups is 1. The summed E-state index contributed by atoms with van der Waals surface area (Å²) in [4.78, 5) is 30.8. The molecule has 0 aliphatic carbocycles. The lowest BCUT2D eigenvalue weighted by molar-refractivity contribution is -0.132. The summed E-state index contributed by atoms with van der Waals surface area (Å²) < 4.78 is 13.8. The molecule has 3 aromatic rings. The van der Waals surface area contributed by atoms with E-state index in [0.29, 0.717) is 11.1 Å². The maximum absolute atomic E-state index is 13.8. The molecule has 0 saturated carbocycles. The second-order valence-corrected chi connectivity index (χ2v) is 6.48. The van der Waals surface area contributed by atoms with Crippen LogP contribution in [0.15, 0.2) is 78.6 Å². The SMILES string of the molecule is O=C1C(=O)N(c2cccc(F)c2)C(c2ccc(O)cc2)/C1=C(\O)c1ccncc1. The highest BCUT2D eigenvalue weighted by atomic mass is 19.1. The molecule has 2 N–H and O–H groups in total. The number of hydrogen-bond acceptors (Lipinski definition) is 5. The second-order valence-electron chi connectivity index (χ2n) is 6.48. The average Bonchev–Trinajstić information content (AvgIpc) is 2.99. The molecule has 0 bridgehead atoms. The molecule has 1 amide bonds. The summed E-state index contributed by atoms with van der Waals surface area (Å²) in [6.07, 6.45) is 2.90. The first-order valence-electron chi connectivity index (χ1n) is 8.73. The lowest BCUT2D eigenvalue weighted by Crippen LogP contribution is -2.29. The topological polar surface area (TPSA) is 90.7 Å². The zero-order chi connectivity index (χ0) is 20.5. The van der Waals surface area contributed by atoms with Crippen LogP contribution < -0.4 is 4.90 Å². The number of phenols is 1. The van der Waals surface area contributed by atoms with E-state index in [1.165, 1.54) is 67.0 Å². The van der Waals surface area contributed by atoms with Crippen molar-refractivity contribution in [3.63, 3.8) is 0 Å². The van der Waals surface area contributed by atoms with E-state index in [2.05, 4.69) is 4.98 Å². The maximum atomic E-state index is 13.8. The lowest BCUT2D eigenvalue weighted by atomic mass is 9.95. The van der Waals surface area contributed by atoms with Crippen molar-refractivity contribution in [2.24, 2.45) is 0 Å². The fraction of sp³-hybridized carbons (Fsp3) is 0.0455. The van der Waals surface area contributed by atoms with Crippen molar-refractivity contribution < 1.29 is 24.2 Å². The van der Waals surface area contributed by atoms with Crippen LogP contribution in [0.3, 0.4) is 0 Å². The highest BCUT2D eigenvalue weighted by Crippen LogP contribution is 2.42. The number of carbonyl (C=O) groups excluding carboxylic acids is 2. The lowest BCUT2D eigenvalue weighted by Gasteiger charge is -2.25. The Morgan fingerprint density at radius 2 is 1.69 bits per heavy atom. The standard InChI is InChI=1S/C22H15FN2O4/c23-15-2-1-3-16(12-15)25-19(13-4-6-17(26)7-5-13)18(21(28)22(25)29)20(27)14-8-10-24-11-9-14/h1-12,19,26-27H/b20-18+. The molecule has 1 aliphatic heterocycles. The normalized spacial score (nSPS) is 18.2. The number of amides is 1. The summed E-state index contributed by atoms with van der Waals surface area (Å²) in [5.41, 5.74) is 0.845. The molecule has 1 aromatic heterocycles. The van der Waals surface area contributed by atoms with E-state index in [0.717, 1.165) is 11.0 Å². The summed E-state index contributed by atoms with van der Waals surface area (Å²) in [7, 11) is 0. The van der Waals surface area contributed by atoms with E-state index in [1.54, 1.807) is 0 Å². The number of nitrogens with zero attached hydrogens (tertiary/aromatic N) is 2. The van der Waals surface area contributed by atoms with E-state index in [1.807, 2.05) is 0 Å². The molecule has 2 aromatic carbocycles. The number of halogens is 1. The number of phenolic OH excluding ortho intramolecular Hbond substituents is 1. The molecule has 1 aliphatic rings. The van der Waals surface area contributed by atoms with Crippen molar-refractivity contribution in [3.8, 4) is 5.75 Å². The first kappa shape index (κ1) is 18.4. The quantitative estimate of drug-likeness (QED) is 0.405. The minimum absolute atomic E-state index is 0.00518. The number of aliphatic hydroxyl groups excluding tert-OH is 1. The fourth-order valence-corrected chi connectivity index (χ4v) is 3.36. The predicted octanol–water partition coefficient (Wildman–Crippen LogP) is 3.55. The van der Waals surface area contributed by atoms with Crippen molar-refractivity contribution in [2.75, 3.05) is 4.90 Å². The van der Waals surface area contributed by atoms with Crippen LogP contribution >= 0.6 is 0 Å². The molecular formula is C22H15FN2O4. The van der Waals surface area contributed by atoms with Crippen LogP contribution in [0.5, 0.6) is 5.75 Å². The molecule has 1 fully saturated rings. The van der Waals surface area contributed by atoms with Gasteiger partial charge in [0.15, 0.2) is 0 Å². The third-order valence-electron chi connectivity index (χ3n) is 4.69. The summed E-state index contributed by atoms with van der Waals surface area (Å²) in [6.45, 7) is 0. The van der Waals surface area contributed by atoms with Gasteiger partial charge in [-0.2, -0.15) is 0 Å². The number of pyridine rings is 1. The molecule has 4 rings (SSSR count). The summed E-state index contributed by atoms with van der Waals surface area (Å²) in [6, 6.07) is 13.2. The Bertz CT molecular complexity index is 1130. The van der Waals surface area contributed by atoms with E-state index >= 15 is 0 Å². The molecular weight excluding hydrogens is 375 g/mol. The number of benzene rings is 2. The minimum Gasteiger partial charge on any atom is -0.508 e. The van der Waals surface area contributed by atoms with Crippen molar-refractivity contribution in [2.45, 2.75) is 6.04 Å². The molecule has 29 heavy (non-hydrogen) atoms. The largest absolute Gasteiger partial charge is 0.508 e. The Kier molecular flexibility index (Phi) is 4.56. The third kappa shape index (κ3) is 3.23. The van der Waals surface area contributed by atoms with Crippen LogP contribution in [0.1, 0.15) is 17.2 Å². The van der Waals surface area contributed by atoms with Gasteiger partial charge in [0.2, 0.25) is 0 Å². The van der Waals surface area contributed by atoms with Gasteiger partial charge < -0.3 is 10.2 Å². The molecule has 0 radical (unpaired) electrons. The van der Waals surface area contributed by atoms with Crippen LogP contribution in [-0.4, -0.2) is 26.9 Å². The number of hydrogen-bond donors (Lipinski definition) is 2. The Balaban J connectivity index is 1.96. The van der Waals surface area contributed by atoms with Crippen LogP contribution in [-0.2, 0) is 9.59 Å². The van der Waals surface area contributed by atoms with Crippen molar-refractivity contribution in [3.05, 3.63) is 95.6 Å². The molecule has 7 heteroatoms. The fourth-order valence-electron chi connectivity index (χ4n) is 3.36. The van der Waals surface area contributed by atoms with Gasteiger partial charge in [-0.15, -0.1) is 0 Å². The summed E-state index contributed by atoms with van der Waals surface area (Å²) >= 11 is 0. The van der Waals surface area contributed by atoms with Crippen molar-refractivity contribution in [1.82, 2.24) is 4.98 Å². The van der Waals surface area contributed by atoms with Gasteiger partial charge in [-0.25, -0.2) is 4.39 Å². The number of Topliss-reactive ketones (excluding diaryl/α,β-unsaturated/α-hetero) is 1. The van der Waals surface area contributed by atoms with E-state index < -0.39 is 23.5 Å². The summed E-state index contributed by atoms with van der Waals surface area (Å²) in [5, 5.41) is 20.5. The second kappa shape index (κ2) is 7.20. The maximum Gasteiger partial charge on any atom is 0.300 e. The number of anilines is 1. The number of ketones is 1. The van der Waals surface area contributed by atoms with E-state index in [4.69, 9.17) is 0 Å². The minimum atomic E-state index is -0.995. The first-order chi connectivity index (χ1) is 14.0. The van der Waals surface area contributed by atoms with E-state index in [-0.39, 0.29) is 22.8 Å². The monoisotopic (exact) mass is 390 g/mol. The van der Waals surface area contributed by atoms with Gasteiger partial charge in [0.25, 0.3) is 11.7 Å². The van der Waals surface area contributed by atoms with Crippen LogP contribution in [0.4, 0.5) is 10.1 Å². The Labute approximate surface area is 165 Å². The van der Waals surface area contributed by atoms with Gasteiger partial charge in [0.1, 0.15) is 17.3 Å². The zero-order valence-corrected chi connectivity index (χ0v) is 15.0. The van der Waals surface area contributed by atoms with Gasteiger partial charge in [-0.3, -0.25) is 19.5 Å². The Hall–Kier alpha value is -4.00. The van der Waals surface area contributed by atoms with Crippen LogP contribution in [0.2, 0.25) is 0 Å². The molecule has 1 atom stereocenters. The van der Waals surface area contributed by atoms with Crippen LogP contribution in [0, 0.1) is 5.82 Å². The molecule has 1 unspecified atom stereocenters. The Morgan fingerprint density at radius 3 is 2.34 bits per heavy atom. The molecule has 0 spiro atoms. The van der Waals surface area contributed by atoms with Gasteiger partial charge >= 0.3 is 0 Å². The number of rotatable bonds is 3. The van der Waals surface area contributed by atoms with Gasteiger partial charge in [-0.1, -0.05) is 18.2 Å². The first-order valence-corrected chi connectivity index (χ1v) is 8.73. The molecule has 144 valence electrons. The zero-order valence-electron chi connectivity index (χ0n) is 15.0. The smallest absolute Gasteiger partial charge is 0.300 e. The van der Waals surface area contributed by atoms with E-state index in [9.17, 15) is 24.2 Å². The molecule has 1 saturated heterocycles. The third-order valence-corrected chi connectivity index (χ3v) is 4.69.